The monoisotopic (exact) mass is 310 g/mol. The molecule has 1 aromatic carbocycles. The van der Waals surface area contributed by atoms with Crippen LogP contribution in [0.4, 0.5) is 0 Å². The molecule has 0 radical (unpaired) electrons. The molecule has 106 valence electrons. The first kappa shape index (κ1) is 15.1. The number of hydrogen-bond donors (Lipinski definition) is 0. The van der Waals surface area contributed by atoms with Crippen LogP contribution >= 0.6 is 23.2 Å². The number of Topliss-reactive ketones (excluding diaryl/α,β-unsaturated/α-hetero) is 1. The number of aromatic nitrogens is 2. The van der Waals surface area contributed by atoms with E-state index in [4.69, 9.17) is 23.2 Å². The molecule has 20 heavy (non-hydrogen) atoms. The van der Waals surface area contributed by atoms with Gasteiger partial charge in [-0.3, -0.25) is 9.48 Å². The number of hydrogen-bond acceptors (Lipinski definition) is 2. The molecule has 0 unspecified atom stereocenters. The molecule has 1 aromatic heterocycles. The molecule has 0 fully saturated rings. The Balaban J connectivity index is 2.30. The smallest absolute Gasteiger partial charge is 0.168 e. The summed E-state index contributed by atoms with van der Waals surface area (Å²) in [6.45, 7) is 3.90. The van der Waals surface area contributed by atoms with Crippen molar-refractivity contribution >= 4 is 29.0 Å². The van der Waals surface area contributed by atoms with E-state index in [-0.39, 0.29) is 12.2 Å². The fraction of sp³-hybridized carbons (Fsp3) is 0.333. The lowest BCUT2D eigenvalue weighted by Crippen LogP contribution is -2.08. The van der Waals surface area contributed by atoms with E-state index >= 15 is 0 Å². The Morgan fingerprint density at radius 2 is 2.00 bits per heavy atom. The third kappa shape index (κ3) is 3.05. The van der Waals surface area contributed by atoms with Crippen LogP contribution in [0.1, 0.15) is 34.2 Å². The van der Waals surface area contributed by atoms with Gasteiger partial charge in [0.15, 0.2) is 5.78 Å². The zero-order valence-corrected chi connectivity index (χ0v) is 13.2. The van der Waals surface area contributed by atoms with Gasteiger partial charge >= 0.3 is 0 Å². The van der Waals surface area contributed by atoms with Gasteiger partial charge in [0.25, 0.3) is 0 Å². The van der Waals surface area contributed by atoms with Gasteiger partial charge < -0.3 is 0 Å². The van der Waals surface area contributed by atoms with Gasteiger partial charge in [0.05, 0.1) is 22.8 Å². The Kier molecular flexibility index (Phi) is 4.51. The van der Waals surface area contributed by atoms with Gasteiger partial charge in [-0.05, 0) is 37.1 Å². The van der Waals surface area contributed by atoms with Gasteiger partial charge in [0.1, 0.15) is 0 Å². The van der Waals surface area contributed by atoms with E-state index in [0.29, 0.717) is 15.6 Å². The third-order valence-electron chi connectivity index (χ3n) is 3.20. The standard InChI is InChI=1S/C15H16Cl2N2O/c1-4-12-15(17)13(19(3)18-12)8-14(20)10-5-9(2)6-11(16)7-10/h5-7H,4,8H2,1-3H3. The van der Waals surface area contributed by atoms with Crippen molar-refractivity contribution in [1.29, 1.82) is 0 Å². The Morgan fingerprint density at radius 1 is 1.30 bits per heavy atom. The van der Waals surface area contributed by atoms with Crippen molar-refractivity contribution in [2.75, 3.05) is 0 Å². The minimum absolute atomic E-state index is 0.0110. The summed E-state index contributed by atoms with van der Waals surface area (Å²) in [5.41, 5.74) is 3.13. The SMILES string of the molecule is CCc1nn(C)c(CC(=O)c2cc(C)cc(Cl)c2)c1Cl. The van der Waals surface area contributed by atoms with Crippen molar-refractivity contribution in [2.45, 2.75) is 26.7 Å². The van der Waals surface area contributed by atoms with E-state index in [2.05, 4.69) is 5.10 Å². The van der Waals surface area contributed by atoms with Crippen LogP contribution in [-0.4, -0.2) is 15.6 Å². The van der Waals surface area contributed by atoms with Gasteiger partial charge in [-0.25, -0.2) is 0 Å². The first-order valence-corrected chi connectivity index (χ1v) is 7.18. The van der Waals surface area contributed by atoms with Crippen LogP contribution in [0.2, 0.25) is 10.0 Å². The van der Waals surface area contributed by atoms with Crippen LogP contribution in [0.25, 0.3) is 0 Å². The molecule has 0 aliphatic carbocycles. The predicted octanol–water partition coefficient (Wildman–Crippen LogP) is 4.02. The van der Waals surface area contributed by atoms with Crippen molar-refractivity contribution in [3.8, 4) is 0 Å². The third-order valence-corrected chi connectivity index (χ3v) is 3.85. The van der Waals surface area contributed by atoms with Gasteiger partial charge in [-0.15, -0.1) is 0 Å². The average molecular weight is 311 g/mol. The van der Waals surface area contributed by atoms with Gasteiger partial charge in [-0.1, -0.05) is 30.1 Å². The highest BCUT2D eigenvalue weighted by molar-refractivity contribution is 6.32. The first-order chi connectivity index (χ1) is 9.42. The summed E-state index contributed by atoms with van der Waals surface area (Å²) in [7, 11) is 1.80. The number of aryl methyl sites for hydroxylation is 3. The van der Waals surface area contributed by atoms with Gasteiger partial charge in [-0.2, -0.15) is 5.10 Å². The van der Waals surface area contributed by atoms with Crippen molar-refractivity contribution in [3.63, 3.8) is 0 Å². The Bertz CT molecular complexity index is 642. The molecule has 2 aromatic rings. The van der Waals surface area contributed by atoms with Crippen molar-refractivity contribution < 1.29 is 4.79 Å². The number of carbonyl (C=O) groups is 1. The fourth-order valence-electron chi connectivity index (χ4n) is 2.16. The van der Waals surface area contributed by atoms with Crippen LogP contribution in [0.15, 0.2) is 18.2 Å². The minimum atomic E-state index is -0.0110. The summed E-state index contributed by atoms with van der Waals surface area (Å²) in [4.78, 5) is 12.4. The van der Waals surface area contributed by atoms with E-state index in [0.717, 1.165) is 23.4 Å². The molecule has 0 saturated carbocycles. The number of rotatable bonds is 4. The lowest BCUT2D eigenvalue weighted by Gasteiger charge is -2.05. The summed E-state index contributed by atoms with van der Waals surface area (Å²) in [6.07, 6.45) is 0.971. The lowest BCUT2D eigenvalue weighted by atomic mass is 10.0. The normalized spacial score (nSPS) is 10.8. The number of nitrogens with zero attached hydrogens (tertiary/aromatic N) is 2. The number of ketones is 1. The highest BCUT2D eigenvalue weighted by Gasteiger charge is 2.17. The maximum absolute atomic E-state index is 12.4. The van der Waals surface area contributed by atoms with Crippen molar-refractivity contribution in [3.05, 3.63) is 50.8 Å². The van der Waals surface area contributed by atoms with E-state index < -0.39 is 0 Å². The molecule has 1 heterocycles. The summed E-state index contributed by atoms with van der Waals surface area (Å²) >= 11 is 12.3. The Hall–Kier alpha value is -1.32. The van der Waals surface area contributed by atoms with Gasteiger partial charge in [0.2, 0.25) is 0 Å². The second-order valence-electron chi connectivity index (χ2n) is 4.80. The van der Waals surface area contributed by atoms with Crippen molar-refractivity contribution in [1.82, 2.24) is 9.78 Å². The minimum Gasteiger partial charge on any atom is -0.294 e. The van der Waals surface area contributed by atoms with Crippen LogP contribution in [-0.2, 0) is 19.9 Å². The second kappa shape index (κ2) is 5.98. The molecular formula is C15H16Cl2N2O. The topological polar surface area (TPSA) is 34.9 Å². The molecule has 0 N–H and O–H groups in total. The molecule has 0 amide bonds. The molecule has 0 bridgehead atoms. The van der Waals surface area contributed by atoms with E-state index in [9.17, 15) is 4.79 Å². The molecular weight excluding hydrogens is 295 g/mol. The Morgan fingerprint density at radius 3 is 2.55 bits per heavy atom. The number of benzene rings is 1. The lowest BCUT2D eigenvalue weighted by molar-refractivity contribution is 0.0990. The zero-order valence-electron chi connectivity index (χ0n) is 11.7. The number of carbonyl (C=O) groups excluding carboxylic acids is 1. The van der Waals surface area contributed by atoms with Crippen LogP contribution in [0, 0.1) is 6.92 Å². The summed E-state index contributed by atoms with van der Waals surface area (Å²) in [6, 6.07) is 5.34. The molecule has 2 rings (SSSR count). The highest BCUT2D eigenvalue weighted by atomic mass is 35.5. The average Bonchev–Trinajstić information content (AvgIpc) is 2.65. The quantitative estimate of drug-likeness (QED) is 0.799. The van der Waals surface area contributed by atoms with Crippen LogP contribution in [0.3, 0.4) is 0 Å². The molecule has 5 heteroatoms. The van der Waals surface area contributed by atoms with Gasteiger partial charge in [0, 0.05) is 17.6 Å². The molecule has 0 aliphatic heterocycles. The molecule has 0 spiro atoms. The second-order valence-corrected chi connectivity index (χ2v) is 5.62. The molecule has 3 nitrogen and oxygen atoms in total. The van der Waals surface area contributed by atoms with Crippen molar-refractivity contribution in [2.24, 2.45) is 7.05 Å². The summed E-state index contributed by atoms with van der Waals surface area (Å²) in [5, 5.41) is 5.47. The largest absolute Gasteiger partial charge is 0.294 e. The first-order valence-electron chi connectivity index (χ1n) is 6.43. The zero-order chi connectivity index (χ0) is 14.9. The van der Waals surface area contributed by atoms with Crippen LogP contribution < -0.4 is 0 Å². The molecule has 0 atom stereocenters. The maximum atomic E-state index is 12.4. The Labute approximate surface area is 128 Å². The predicted molar refractivity (Wildman–Crippen MR) is 81.8 cm³/mol. The fourth-order valence-corrected chi connectivity index (χ4v) is 2.81. The van der Waals surface area contributed by atoms with E-state index in [1.54, 1.807) is 17.8 Å². The van der Waals surface area contributed by atoms with E-state index in [1.165, 1.54) is 0 Å². The number of halogens is 2. The summed E-state index contributed by atoms with van der Waals surface area (Å²) < 4.78 is 1.68. The highest BCUT2D eigenvalue weighted by Crippen LogP contribution is 2.23. The molecule has 0 saturated heterocycles. The van der Waals surface area contributed by atoms with Crippen LogP contribution in [0.5, 0.6) is 0 Å². The summed E-state index contributed by atoms with van der Waals surface area (Å²) in [5.74, 6) is -0.0110. The molecule has 0 aliphatic rings. The van der Waals surface area contributed by atoms with E-state index in [1.807, 2.05) is 26.0 Å². The maximum Gasteiger partial charge on any atom is 0.168 e.